The number of carboxylic acids is 1. The van der Waals surface area contributed by atoms with Gasteiger partial charge in [0.15, 0.2) is 6.61 Å². The molecular weight excluding hydrogens is 859 g/mol. The van der Waals surface area contributed by atoms with E-state index in [0.717, 1.165) is 37.7 Å². The average molecular weight is 922 g/mol. The first-order valence-corrected chi connectivity index (χ1v) is 25.6. The first-order chi connectivity index (χ1) is 30.7. The zero-order valence-corrected chi connectivity index (χ0v) is 38.6. The summed E-state index contributed by atoms with van der Waals surface area (Å²) in [5.41, 5.74) is 2.14. The van der Waals surface area contributed by atoms with Crippen molar-refractivity contribution in [2.75, 3.05) is 52.5 Å². The van der Waals surface area contributed by atoms with Crippen molar-refractivity contribution in [1.82, 2.24) is 13.5 Å². The molecule has 1 spiro atoms. The van der Waals surface area contributed by atoms with Gasteiger partial charge in [-0.15, -0.1) is 0 Å². The minimum atomic E-state index is -3.96. The van der Waals surface area contributed by atoms with Gasteiger partial charge >= 0.3 is 12.1 Å². The molecule has 348 valence electrons. The highest BCUT2D eigenvalue weighted by Gasteiger charge is 2.55. The van der Waals surface area contributed by atoms with E-state index >= 15 is 0 Å². The van der Waals surface area contributed by atoms with E-state index in [1.54, 1.807) is 11.0 Å². The predicted octanol–water partition coefficient (Wildman–Crippen LogP) is 7.21. The molecule has 4 heterocycles. The van der Waals surface area contributed by atoms with E-state index in [9.17, 15) is 31.5 Å². The molecule has 4 aliphatic rings. The van der Waals surface area contributed by atoms with Gasteiger partial charge < -0.3 is 29.0 Å². The van der Waals surface area contributed by atoms with Crippen molar-refractivity contribution in [3.63, 3.8) is 0 Å². The number of aliphatic carboxylic acids is 1. The molecule has 3 aromatic rings. The third-order valence-corrected chi connectivity index (χ3v) is 17.6. The first kappa shape index (κ1) is 47.6. The summed E-state index contributed by atoms with van der Waals surface area (Å²) >= 11 is 0. The Morgan fingerprint density at radius 1 is 0.875 bits per heavy atom. The van der Waals surface area contributed by atoms with E-state index in [1.165, 1.54) is 26.3 Å². The molecule has 4 saturated heterocycles. The summed E-state index contributed by atoms with van der Waals surface area (Å²) in [4.78, 5) is 26.3. The van der Waals surface area contributed by atoms with Crippen LogP contribution in [0.5, 0.6) is 5.75 Å². The molecule has 16 heteroatoms. The third-order valence-electron chi connectivity index (χ3n) is 13.4. The first-order valence-electron chi connectivity index (χ1n) is 22.6. The molecule has 0 aromatic heterocycles. The number of unbranched alkanes of at least 4 members (excludes halogenated alkanes) is 1. The van der Waals surface area contributed by atoms with Crippen LogP contribution in [0.25, 0.3) is 0 Å². The summed E-state index contributed by atoms with van der Waals surface area (Å²) in [6.45, 7) is 9.35. The van der Waals surface area contributed by atoms with Gasteiger partial charge in [-0.2, -0.15) is 8.61 Å². The Morgan fingerprint density at radius 2 is 1.55 bits per heavy atom. The van der Waals surface area contributed by atoms with Gasteiger partial charge in [0.1, 0.15) is 18.0 Å². The summed E-state index contributed by atoms with van der Waals surface area (Å²) < 4.78 is 85.8. The fourth-order valence-electron chi connectivity index (χ4n) is 9.75. The second-order valence-electron chi connectivity index (χ2n) is 17.8. The lowest BCUT2D eigenvalue weighted by Crippen LogP contribution is -2.64. The maximum atomic E-state index is 14.5. The Kier molecular flexibility index (Phi) is 15.5. The zero-order valence-electron chi connectivity index (χ0n) is 37.0. The molecule has 0 aliphatic carbocycles. The Morgan fingerprint density at radius 3 is 2.19 bits per heavy atom. The third kappa shape index (κ3) is 11.0. The molecule has 0 unspecified atom stereocenters. The Balaban J connectivity index is 1.10. The highest BCUT2D eigenvalue weighted by molar-refractivity contribution is 7.89. The molecule has 1 N–H and O–H groups in total. The van der Waals surface area contributed by atoms with E-state index in [4.69, 9.17) is 18.9 Å². The maximum absolute atomic E-state index is 14.5. The van der Waals surface area contributed by atoms with Crippen LogP contribution < -0.4 is 4.74 Å². The highest BCUT2D eigenvalue weighted by Crippen LogP contribution is 2.51. The van der Waals surface area contributed by atoms with Crippen molar-refractivity contribution in [3.8, 4) is 5.75 Å². The molecule has 14 nitrogen and oxygen atoms in total. The van der Waals surface area contributed by atoms with Gasteiger partial charge in [-0.1, -0.05) is 92.6 Å². The second kappa shape index (κ2) is 20.9. The molecule has 0 saturated carbocycles. The van der Waals surface area contributed by atoms with Crippen LogP contribution in [0.3, 0.4) is 0 Å². The highest BCUT2D eigenvalue weighted by atomic mass is 32.2. The van der Waals surface area contributed by atoms with Crippen LogP contribution in [-0.2, 0) is 52.1 Å². The molecule has 3 aromatic carbocycles. The van der Waals surface area contributed by atoms with E-state index in [0.29, 0.717) is 43.0 Å². The number of hydrogen-bond donors (Lipinski definition) is 1. The number of rotatable bonds is 16. The summed E-state index contributed by atoms with van der Waals surface area (Å²) in [6, 6.07) is 24.1. The van der Waals surface area contributed by atoms with Gasteiger partial charge in [-0.3, -0.25) is 0 Å². The van der Waals surface area contributed by atoms with Gasteiger partial charge in [0.2, 0.25) is 20.0 Å². The average Bonchev–Trinajstić information content (AvgIpc) is 3.30. The minimum Gasteiger partial charge on any atom is -0.482 e. The van der Waals surface area contributed by atoms with E-state index < -0.39 is 67.7 Å². The summed E-state index contributed by atoms with van der Waals surface area (Å²) in [5, 5.41) is 8.91. The smallest absolute Gasteiger partial charge is 0.410 e. The van der Waals surface area contributed by atoms with E-state index in [1.807, 2.05) is 55.5 Å². The number of carbonyl (C=O) groups is 2. The number of carboxylic acid groups (broad SMARTS) is 1. The van der Waals surface area contributed by atoms with Crippen LogP contribution in [0, 0.1) is 11.8 Å². The molecule has 0 bridgehead atoms. The van der Waals surface area contributed by atoms with Crippen molar-refractivity contribution in [2.45, 2.75) is 106 Å². The summed E-state index contributed by atoms with van der Waals surface area (Å²) in [6.07, 6.45) is 3.43. The largest absolute Gasteiger partial charge is 0.482 e. The second-order valence-corrected chi connectivity index (χ2v) is 21.9. The standard InChI is InChI=1S/C48H63N3O11S2/c1-4-5-16-44-48(34-51(27-28-61-48)63(55,56)39-21-23-49(24-22-39)47(54)60-32-38-14-10-7-11-15-38)31-42(35(2)3)46(62-44)41-30-40(17-18-43(41)59-33-45(52)53)64(57,58)50-25-19-37(20-26-50)29-36-12-8-6-9-13-36/h6-15,17-18,30,37,39,42,44,46H,2,4-5,16,19-29,31-34H2,1,3H3,(H,52,53)/t42-,44+,46-,48-/m0/s1. The number of benzene rings is 3. The number of ether oxygens (including phenoxy) is 4. The molecule has 0 radical (unpaired) electrons. The lowest BCUT2D eigenvalue weighted by atomic mass is 9.73. The van der Waals surface area contributed by atoms with Crippen LogP contribution >= 0.6 is 0 Å². The van der Waals surface area contributed by atoms with Gasteiger partial charge in [0, 0.05) is 50.7 Å². The van der Waals surface area contributed by atoms with Crippen LogP contribution in [0.15, 0.2) is 95.9 Å². The summed E-state index contributed by atoms with van der Waals surface area (Å²) in [5.74, 6) is -1.12. The molecule has 4 aliphatic heterocycles. The van der Waals surface area contributed by atoms with E-state index in [2.05, 4.69) is 25.6 Å². The number of nitrogens with zero attached hydrogens (tertiary/aromatic N) is 3. The van der Waals surface area contributed by atoms with Crippen molar-refractivity contribution in [3.05, 3.63) is 108 Å². The Bertz CT molecular complexity index is 2300. The number of piperidine rings is 2. The van der Waals surface area contributed by atoms with Crippen molar-refractivity contribution in [2.24, 2.45) is 11.8 Å². The number of carbonyl (C=O) groups excluding carboxylic acids is 1. The van der Waals surface area contributed by atoms with Gasteiger partial charge in [0.05, 0.1) is 29.0 Å². The van der Waals surface area contributed by atoms with Crippen LogP contribution in [0.4, 0.5) is 4.79 Å². The van der Waals surface area contributed by atoms with Gasteiger partial charge in [-0.25, -0.2) is 26.4 Å². The quantitative estimate of drug-likeness (QED) is 0.144. The number of likely N-dealkylation sites (tertiary alicyclic amines) is 1. The topological polar surface area (TPSA) is 169 Å². The van der Waals surface area contributed by atoms with Crippen LogP contribution in [0.2, 0.25) is 0 Å². The normalized spacial score (nSPS) is 24.3. The monoisotopic (exact) mass is 921 g/mol. The Hall–Kier alpha value is -4.32. The SMILES string of the molecule is C=C(C)[C@@H]1C[C@]2(CN(S(=O)(=O)C3CCN(C(=O)OCc4ccccc4)CC3)CCO2)[C@@H](CCCC)O[C@H]1c1cc(S(=O)(=O)N2CCC(Cc3ccccc3)CC2)ccc1OCC(=O)O. The fourth-order valence-corrected chi connectivity index (χ4v) is 13.2. The molecule has 7 rings (SSSR count). The Labute approximate surface area is 378 Å². The lowest BCUT2D eigenvalue weighted by molar-refractivity contribution is -0.235. The van der Waals surface area contributed by atoms with Crippen molar-refractivity contribution in [1.29, 1.82) is 0 Å². The van der Waals surface area contributed by atoms with Crippen LogP contribution in [-0.4, -0.2) is 117 Å². The lowest BCUT2D eigenvalue weighted by Gasteiger charge is -2.54. The molecular formula is C48H63N3O11S2. The van der Waals surface area contributed by atoms with Crippen LogP contribution in [0.1, 0.15) is 88.0 Å². The fraction of sp³-hybridized carbons (Fsp3) is 0.542. The predicted molar refractivity (Wildman–Crippen MR) is 242 cm³/mol. The number of sulfonamides is 2. The van der Waals surface area contributed by atoms with Crippen molar-refractivity contribution >= 4 is 32.1 Å². The maximum Gasteiger partial charge on any atom is 0.410 e. The zero-order chi connectivity index (χ0) is 45.5. The number of morpholine rings is 1. The number of amides is 1. The number of hydrogen-bond acceptors (Lipinski definition) is 10. The molecule has 1 amide bonds. The molecule has 4 fully saturated rings. The molecule has 64 heavy (non-hydrogen) atoms. The minimum absolute atomic E-state index is 0.0521. The van der Waals surface area contributed by atoms with Crippen molar-refractivity contribution < 1.29 is 50.5 Å². The van der Waals surface area contributed by atoms with E-state index in [-0.39, 0.29) is 62.9 Å². The summed E-state index contributed by atoms with van der Waals surface area (Å²) in [7, 11) is -7.80. The molecule has 4 atom stereocenters. The van der Waals surface area contributed by atoms with Gasteiger partial charge in [-0.05, 0) is 87.1 Å². The van der Waals surface area contributed by atoms with Gasteiger partial charge in [0.25, 0.3) is 0 Å².